The van der Waals surface area contributed by atoms with Crippen molar-refractivity contribution in [1.29, 1.82) is 0 Å². The Labute approximate surface area is 177 Å². The molecule has 7 nitrogen and oxygen atoms in total. The van der Waals surface area contributed by atoms with Gasteiger partial charge in [-0.25, -0.2) is 0 Å². The van der Waals surface area contributed by atoms with Gasteiger partial charge >= 0.3 is 0 Å². The maximum absolute atomic E-state index is 13.3. The van der Waals surface area contributed by atoms with E-state index in [1.165, 1.54) is 13.1 Å². The first kappa shape index (κ1) is 20.1. The Bertz CT molecular complexity index is 1320. The van der Waals surface area contributed by atoms with E-state index >= 15 is 0 Å². The molecular formula is C21H15ClN2O5S. The minimum atomic E-state index is -4.71. The molecule has 0 bridgehead atoms. The molecule has 1 aliphatic carbocycles. The molecule has 1 aliphatic rings. The van der Waals surface area contributed by atoms with Gasteiger partial charge in [-0.15, -0.1) is 0 Å². The van der Waals surface area contributed by atoms with E-state index in [4.69, 9.17) is 11.6 Å². The second-order valence-electron chi connectivity index (χ2n) is 6.61. The van der Waals surface area contributed by atoms with Crippen LogP contribution in [0.4, 0.5) is 17.1 Å². The molecule has 0 saturated carbocycles. The Hall–Kier alpha value is -3.20. The summed E-state index contributed by atoms with van der Waals surface area (Å²) in [6, 6.07) is 13.9. The highest BCUT2D eigenvalue weighted by Crippen LogP contribution is 2.41. The monoisotopic (exact) mass is 442 g/mol. The van der Waals surface area contributed by atoms with Crippen LogP contribution < -0.4 is 10.6 Å². The minimum Gasteiger partial charge on any atom is -0.386 e. The van der Waals surface area contributed by atoms with Crippen LogP contribution in [0.15, 0.2) is 59.5 Å². The molecule has 3 N–H and O–H groups in total. The number of halogens is 1. The molecule has 0 heterocycles. The predicted molar refractivity (Wildman–Crippen MR) is 114 cm³/mol. The minimum absolute atomic E-state index is 0.0189. The zero-order valence-electron chi connectivity index (χ0n) is 15.6. The molecule has 3 aromatic rings. The summed E-state index contributed by atoms with van der Waals surface area (Å²) < 4.78 is 33.9. The lowest BCUT2D eigenvalue weighted by Crippen LogP contribution is -2.25. The fourth-order valence-electron chi connectivity index (χ4n) is 3.51. The second kappa shape index (κ2) is 7.24. The van der Waals surface area contributed by atoms with E-state index in [0.29, 0.717) is 10.7 Å². The van der Waals surface area contributed by atoms with Gasteiger partial charge in [0.15, 0.2) is 11.6 Å². The number of hydrogen-bond donors (Lipinski definition) is 3. The highest BCUT2D eigenvalue weighted by atomic mass is 35.5. The Balaban J connectivity index is 2.04. The molecule has 0 spiro atoms. The van der Waals surface area contributed by atoms with Crippen LogP contribution in [-0.4, -0.2) is 31.6 Å². The molecule has 3 aromatic carbocycles. The summed E-state index contributed by atoms with van der Waals surface area (Å²) in [5.41, 5.74) is 0.735. The first-order valence-corrected chi connectivity index (χ1v) is 10.6. The highest BCUT2D eigenvalue weighted by molar-refractivity contribution is 7.86. The molecule has 0 fully saturated rings. The summed E-state index contributed by atoms with van der Waals surface area (Å²) in [5.74, 6) is -0.954. The summed E-state index contributed by atoms with van der Waals surface area (Å²) in [5, 5.41) is 6.12. The van der Waals surface area contributed by atoms with Crippen molar-refractivity contribution >= 4 is 50.3 Å². The SMILES string of the molecule is CNc1c(S(=O)(=O)O)cc(Nc2ccc(Cl)cc2)c2c1C(=O)c1ccccc1C2=O. The van der Waals surface area contributed by atoms with E-state index in [0.717, 1.165) is 6.07 Å². The van der Waals surface area contributed by atoms with Crippen molar-refractivity contribution in [3.05, 3.63) is 81.9 Å². The van der Waals surface area contributed by atoms with Crippen LogP contribution in [0.2, 0.25) is 5.02 Å². The number of ketones is 2. The number of fused-ring (bicyclic) bond motifs is 2. The maximum Gasteiger partial charge on any atom is 0.296 e. The van der Waals surface area contributed by atoms with Gasteiger partial charge in [-0.3, -0.25) is 14.1 Å². The summed E-state index contributed by atoms with van der Waals surface area (Å²) in [4.78, 5) is 26.0. The molecule has 0 radical (unpaired) electrons. The Morgan fingerprint density at radius 3 is 2.00 bits per heavy atom. The van der Waals surface area contributed by atoms with Crippen LogP contribution in [-0.2, 0) is 10.1 Å². The lowest BCUT2D eigenvalue weighted by Gasteiger charge is -2.24. The standard InChI is InChI=1S/C21H15ClN2O5S/c1-23-19-16(30(27,28)29)10-15(24-12-8-6-11(22)7-9-12)17-18(19)21(26)14-5-3-2-4-13(14)20(17)25/h2-10,23-24H,1H3,(H,27,28,29). The number of anilines is 3. The van der Waals surface area contributed by atoms with Crippen molar-refractivity contribution in [3.63, 3.8) is 0 Å². The summed E-state index contributed by atoms with van der Waals surface area (Å²) in [7, 11) is -3.29. The van der Waals surface area contributed by atoms with Crippen LogP contribution >= 0.6 is 11.6 Å². The van der Waals surface area contributed by atoms with Crippen molar-refractivity contribution in [2.45, 2.75) is 4.90 Å². The van der Waals surface area contributed by atoms with Crippen LogP contribution in [0.1, 0.15) is 31.8 Å². The van der Waals surface area contributed by atoms with Gasteiger partial charge in [0.05, 0.1) is 22.5 Å². The number of hydrogen-bond acceptors (Lipinski definition) is 6. The normalized spacial score (nSPS) is 12.9. The van der Waals surface area contributed by atoms with Crippen molar-refractivity contribution in [1.82, 2.24) is 0 Å². The molecule has 9 heteroatoms. The molecule has 0 saturated heterocycles. The van der Waals surface area contributed by atoms with Gasteiger partial charge in [0.1, 0.15) is 4.90 Å². The quantitative estimate of drug-likeness (QED) is 0.407. The lowest BCUT2D eigenvalue weighted by molar-refractivity contribution is 0.0980. The molecular weight excluding hydrogens is 428 g/mol. The molecule has 0 amide bonds. The molecule has 30 heavy (non-hydrogen) atoms. The fraction of sp³-hybridized carbons (Fsp3) is 0.0476. The van der Waals surface area contributed by atoms with Crippen molar-refractivity contribution in [2.75, 3.05) is 17.7 Å². The highest BCUT2D eigenvalue weighted by Gasteiger charge is 2.36. The average Bonchev–Trinajstić information content (AvgIpc) is 2.72. The topological polar surface area (TPSA) is 113 Å². The first-order chi connectivity index (χ1) is 14.2. The number of rotatable bonds is 4. The summed E-state index contributed by atoms with van der Waals surface area (Å²) in [6.45, 7) is 0. The summed E-state index contributed by atoms with van der Waals surface area (Å²) >= 11 is 5.91. The molecule has 0 atom stereocenters. The van der Waals surface area contributed by atoms with Gasteiger partial charge in [0.2, 0.25) is 0 Å². The van der Waals surface area contributed by atoms with E-state index in [-0.39, 0.29) is 33.6 Å². The van der Waals surface area contributed by atoms with Crippen molar-refractivity contribution < 1.29 is 22.6 Å². The number of carbonyl (C=O) groups excluding carboxylic acids is 2. The largest absolute Gasteiger partial charge is 0.386 e. The summed E-state index contributed by atoms with van der Waals surface area (Å²) in [6.07, 6.45) is 0. The van der Waals surface area contributed by atoms with E-state index in [2.05, 4.69) is 10.6 Å². The second-order valence-corrected chi connectivity index (χ2v) is 8.43. The Morgan fingerprint density at radius 1 is 0.900 bits per heavy atom. The van der Waals surface area contributed by atoms with Gasteiger partial charge in [0.25, 0.3) is 10.1 Å². The first-order valence-electron chi connectivity index (χ1n) is 8.79. The Kier molecular flexibility index (Phi) is 4.85. The van der Waals surface area contributed by atoms with E-state index in [1.54, 1.807) is 42.5 Å². The fourth-order valence-corrected chi connectivity index (χ4v) is 4.36. The maximum atomic E-state index is 13.3. The third-order valence-corrected chi connectivity index (χ3v) is 5.94. The van der Waals surface area contributed by atoms with Gasteiger partial charge < -0.3 is 10.6 Å². The zero-order valence-corrected chi connectivity index (χ0v) is 17.1. The van der Waals surface area contributed by atoms with Gasteiger partial charge in [0, 0.05) is 28.9 Å². The van der Waals surface area contributed by atoms with Crippen LogP contribution in [0, 0.1) is 0 Å². The smallest absolute Gasteiger partial charge is 0.296 e. The molecule has 4 rings (SSSR count). The van der Waals surface area contributed by atoms with Crippen molar-refractivity contribution in [3.8, 4) is 0 Å². The molecule has 0 aromatic heterocycles. The Morgan fingerprint density at radius 2 is 1.47 bits per heavy atom. The molecule has 152 valence electrons. The molecule has 0 aliphatic heterocycles. The number of carbonyl (C=O) groups is 2. The van der Waals surface area contributed by atoms with E-state index < -0.39 is 26.6 Å². The van der Waals surface area contributed by atoms with Crippen LogP contribution in [0.25, 0.3) is 0 Å². The number of benzene rings is 3. The lowest BCUT2D eigenvalue weighted by atomic mass is 9.82. The van der Waals surface area contributed by atoms with Crippen LogP contribution in [0.5, 0.6) is 0 Å². The van der Waals surface area contributed by atoms with Crippen LogP contribution in [0.3, 0.4) is 0 Å². The zero-order chi connectivity index (χ0) is 21.6. The van der Waals surface area contributed by atoms with Crippen molar-refractivity contribution in [2.24, 2.45) is 0 Å². The third kappa shape index (κ3) is 3.24. The van der Waals surface area contributed by atoms with Gasteiger partial charge in [-0.1, -0.05) is 35.9 Å². The predicted octanol–water partition coefficient (Wildman–Crippen LogP) is 4.15. The van der Waals surface area contributed by atoms with Gasteiger partial charge in [-0.05, 0) is 30.3 Å². The third-order valence-electron chi connectivity index (χ3n) is 4.81. The number of nitrogens with one attached hydrogen (secondary N) is 2. The average molecular weight is 443 g/mol. The van der Waals surface area contributed by atoms with E-state index in [9.17, 15) is 22.6 Å². The molecule has 0 unspecified atom stereocenters. The van der Waals surface area contributed by atoms with Gasteiger partial charge in [-0.2, -0.15) is 8.42 Å². The van der Waals surface area contributed by atoms with E-state index in [1.807, 2.05) is 0 Å².